The number of rotatable bonds is 8. The van der Waals surface area contributed by atoms with Crippen LogP contribution in [-0.2, 0) is 0 Å². The van der Waals surface area contributed by atoms with E-state index in [0.29, 0.717) is 18.1 Å². The summed E-state index contributed by atoms with van der Waals surface area (Å²) >= 11 is 0. The van der Waals surface area contributed by atoms with Crippen molar-refractivity contribution >= 4 is 5.96 Å². The number of nitrogens with zero attached hydrogens (tertiary/aromatic N) is 3. The lowest BCUT2D eigenvalue weighted by molar-refractivity contribution is 0.178. The van der Waals surface area contributed by atoms with Crippen molar-refractivity contribution in [2.75, 3.05) is 39.8 Å². The summed E-state index contributed by atoms with van der Waals surface area (Å²) in [5.74, 6) is 0.926. The lowest BCUT2D eigenvalue weighted by Gasteiger charge is -2.30. The molecule has 2 N–H and O–H groups in total. The van der Waals surface area contributed by atoms with Crippen LogP contribution in [0.15, 0.2) is 4.99 Å². The molecule has 0 aliphatic carbocycles. The fourth-order valence-corrected chi connectivity index (χ4v) is 3.39. The highest BCUT2D eigenvalue weighted by Crippen LogP contribution is 2.15. The van der Waals surface area contributed by atoms with Crippen molar-refractivity contribution in [1.29, 1.82) is 0 Å². The van der Waals surface area contributed by atoms with E-state index in [-0.39, 0.29) is 0 Å². The van der Waals surface area contributed by atoms with Gasteiger partial charge in [-0.15, -0.1) is 0 Å². The fraction of sp³-hybridized carbons (Fsp3) is 0.941. The molecule has 0 bridgehead atoms. The van der Waals surface area contributed by atoms with Crippen LogP contribution in [0.25, 0.3) is 0 Å². The molecule has 1 rings (SSSR count). The van der Waals surface area contributed by atoms with Gasteiger partial charge in [-0.2, -0.15) is 0 Å². The normalized spacial score (nSPS) is 20.4. The van der Waals surface area contributed by atoms with Crippen LogP contribution in [0.2, 0.25) is 0 Å². The molecule has 0 spiro atoms. The number of likely N-dealkylation sites (N-methyl/N-ethyl adjacent to an activating group) is 1. The van der Waals surface area contributed by atoms with Crippen LogP contribution >= 0.6 is 0 Å². The Kier molecular flexibility index (Phi) is 8.79. The van der Waals surface area contributed by atoms with Crippen molar-refractivity contribution in [2.24, 2.45) is 4.99 Å². The fourth-order valence-electron chi connectivity index (χ4n) is 3.39. The molecule has 22 heavy (non-hydrogen) atoms. The molecule has 5 nitrogen and oxygen atoms in total. The largest absolute Gasteiger partial charge is 0.355 e. The molecule has 0 radical (unpaired) electrons. The standard InChI is InChI=1S/C17H37N5/c1-7-21-11-8-9-16(21)13-20-17(18-6)19-10-12-22(14(2)3)15(4)5/h14-16H,7-13H2,1-6H3,(H2,18,19,20). The van der Waals surface area contributed by atoms with Gasteiger partial charge in [0.25, 0.3) is 0 Å². The van der Waals surface area contributed by atoms with Gasteiger partial charge in [0.1, 0.15) is 0 Å². The van der Waals surface area contributed by atoms with Gasteiger partial charge in [-0.1, -0.05) is 6.92 Å². The van der Waals surface area contributed by atoms with Crippen molar-refractivity contribution in [3.63, 3.8) is 0 Å². The summed E-state index contributed by atoms with van der Waals surface area (Å²) in [5.41, 5.74) is 0. The Bertz CT molecular complexity index is 319. The second-order valence-electron chi connectivity index (χ2n) is 6.73. The second kappa shape index (κ2) is 10.1. The number of nitrogens with one attached hydrogen (secondary N) is 2. The Morgan fingerprint density at radius 1 is 1.23 bits per heavy atom. The van der Waals surface area contributed by atoms with Gasteiger partial charge in [0.05, 0.1) is 0 Å². The average molecular weight is 312 g/mol. The number of hydrogen-bond acceptors (Lipinski definition) is 3. The lowest BCUT2D eigenvalue weighted by atomic mass is 10.2. The topological polar surface area (TPSA) is 42.9 Å². The van der Waals surface area contributed by atoms with Crippen LogP contribution in [0.3, 0.4) is 0 Å². The van der Waals surface area contributed by atoms with Gasteiger partial charge in [0.2, 0.25) is 0 Å². The molecule has 0 aromatic carbocycles. The number of aliphatic imine (C=N–C) groups is 1. The van der Waals surface area contributed by atoms with Gasteiger partial charge in [-0.05, 0) is 53.6 Å². The maximum Gasteiger partial charge on any atom is 0.191 e. The second-order valence-corrected chi connectivity index (χ2v) is 6.73. The van der Waals surface area contributed by atoms with Crippen molar-refractivity contribution in [1.82, 2.24) is 20.4 Å². The van der Waals surface area contributed by atoms with Crippen LogP contribution < -0.4 is 10.6 Å². The van der Waals surface area contributed by atoms with E-state index in [1.807, 2.05) is 7.05 Å². The summed E-state index contributed by atoms with van der Waals surface area (Å²) in [6.45, 7) is 16.6. The third-order valence-corrected chi connectivity index (χ3v) is 4.62. The van der Waals surface area contributed by atoms with E-state index in [0.717, 1.165) is 32.1 Å². The molecule has 1 aliphatic heterocycles. The summed E-state index contributed by atoms with van der Waals surface area (Å²) < 4.78 is 0. The number of guanidine groups is 1. The van der Waals surface area contributed by atoms with Crippen LogP contribution in [-0.4, -0.2) is 73.7 Å². The average Bonchev–Trinajstić information content (AvgIpc) is 2.93. The summed E-state index contributed by atoms with van der Waals surface area (Å²) in [7, 11) is 1.85. The van der Waals surface area contributed by atoms with Gasteiger partial charge in [0.15, 0.2) is 5.96 Å². The molecule has 0 aromatic rings. The molecule has 130 valence electrons. The molecular formula is C17H37N5. The molecule has 1 unspecified atom stereocenters. The van der Waals surface area contributed by atoms with Gasteiger partial charge < -0.3 is 10.6 Å². The highest BCUT2D eigenvalue weighted by molar-refractivity contribution is 5.79. The van der Waals surface area contributed by atoms with Crippen LogP contribution in [0, 0.1) is 0 Å². The summed E-state index contributed by atoms with van der Waals surface area (Å²) in [5, 5.41) is 6.93. The SMILES string of the molecule is CCN1CCCC1CNC(=NC)NCCN(C(C)C)C(C)C. The first-order chi connectivity index (χ1) is 10.5. The van der Waals surface area contributed by atoms with E-state index in [1.54, 1.807) is 0 Å². The third kappa shape index (κ3) is 6.13. The maximum absolute atomic E-state index is 4.34. The lowest BCUT2D eigenvalue weighted by Crippen LogP contribution is -2.48. The molecule has 0 saturated carbocycles. The predicted octanol–water partition coefficient (Wildman–Crippen LogP) is 1.75. The number of hydrogen-bond donors (Lipinski definition) is 2. The Balaban J connectivity index is 2.30. The first-order valence-electron chi connectivity index (χ1n) is 8.93. The Labute approximate surface area is 137 Å². The highest BCUT2D eigenvalue weighted by Gasteiger charge is 2.22. The Morgan fingerprint density at radius 2 is 1.91 bits per heavy atom. The van der Waals surface area contributed by atoms with Crippen molar-refractivity contribution in [3.8, 4) is 0 Å². The molecule has 1 heterocycles. The first-order valence-corrected chi connectivity index (χ1v) is 8.93. The van der Waals surface area contributed by atoms with E-state index in [1.165, 1.54) is 19.4 Å². The van der Waals surface area contributed by atoms with Crippen LogP contribution in [0.1, 0.15) is 47.5 Å². The molecule has 1 aliphatic rings. The predicted molar refractivity (Wildman–Crippen MR) is 96.6 cm³/mol. The summed E-state index contributed by atoms with van der Waals surface area (Å²) in [4.78, 5) is 9.40. The van der Waals surface area contributed by atoms with Crippen LogP contribution in [0.4, 0.5) is 0 Å². The summed E-state index contributed by atoms with van der Waals surface area (Å²) in [6, 6.07) is 1.81. The molecular weight excluding hydrogens is 274 g/mol. The monoisotopic (exact) mass is 311 g/mol. The van der Waals surface area contributed by atoms with E-state index in [4.69, 9.17) is 0 Å². The molecule has 5 heteroatoms. The van der Waals surface area contributed by atoms with E-state index < -0.39 is 0 Å². The minimum Gasteiger partial charge on any atom is -0.355 e. The Hall–Kier alpha value is -0.810. The van der Waals surface area contributed by atoms with Crippen molar-refractivity contribution in [2.45, 2.75) is 65.6 Å². The van der Waals surface area contributed by atoms with Gasteiger partial charge in [0, 0.05) is 44.8 Å². The molecule has 0 aromatic heterocycles. The molecule has 0 amide bonds. The minimum atomic E-state index is 0.577. The molecule has 1 fully saturated rings. The molecule has 1 saturated heterocycles. The maximum atomic E-state index is 4.34. The van der Waals surface area contributed by atoms with E-state index in [9.17, 15) is 0 Å². The quantitative estimate of drug-likeness (QED) is 0.529. The van der Waals surface area contributed by atoms with Crippen molar-refractivity contribution < 1.29 is 0 Å². The smallest absolute Gasteiger partial charge is 0.191 e. The minimum absolute atomic E-state index is 0.577. The zero-order chi connectivity index (χ0) is 16.5. The number of likely N-dealkylation sites (tertiary alicyclic amines) is 1. The van der Waals surface area contributed by atoms with Crippen molar-refractivity contribution in [3.05, 3.63) is 0 Å². The van der Waals surface area contributed by atoms with E-state index in [2.05, 4.69) is 60.0 Å². The first kappa shape index (κ1) is 19.2. The van der Waals surface area contributed by atoms with Gasteiger partial charge in [-0.3, -0.25) is 14.8 Å². The summed E-state index contributed by atoms with van der Waals surface area (Å²) in [6.07, 6.45) is 2.62. The van der Waals surface area contributed by atoms with Crippen LogP contribution in [0.5, 0.6) is 0 Å². The van der Waals surface area contributed by atoms with E-state index >= 15 is 0 Å². The zero-order valence-corrected chi connectivity index (χ0v) is 15.5. The van der Waals surface area contributed by atoms with Gasteiger partial charge in [-0.25, -0.2) is 0 Å². The zero-order valence-electron chi connectivity index (χ0n) is 15.5. The third-order valence-electron chi connectivity index (χ3n) is 4.62. The van der Waals surface area contributed by atoms with Gasteiger partial charge >= 0.3 is 0 Å². The highest BCUT2D eigenvalue weighted by atomic mass is 15.2. The Morgan fingerprint density at radius 3 is 2.45 bits per heavy atom. The molecule has 1 atom stereocenters.